The van der Waals surface area contributed by atoms with Crippen LogP contribution in [0.2, 0.25) is 25.1 Å². The van der Waals surface area contributed by atoms with Crippen molar-refractivity contribution in [1.29, 1.82) is 0 Å². The fourth-order valence-electron chi connectivity index (χ4n) is 2.84. The summed E-state index contributed by atoms with van der Waals surface area (Å²) >= 11 is 29.9. The number of halogens is 5. The van der Waals surface area contributed by atoms with E-state index in [1.54, 1.807) is 18.2 Å². The van der Waals surface area contributed by atoms with E-state index in [-0.39, 0.29) is 31.2 Å². The van der Waals surface area contributed by atoms with Crippen LogP contribution < -0.4 is 5.32 Å². The highest BCUT2D eigenvalue weighted by Crippen LogP contribution is 2.45. The highest BCUT2D eigenvalue weighted by Gasteiger charge is 2.45. The van der Waals surface area contributed by atoms with Crippen LogP contribution in [0, 0.1) is 0 Å². The first kappa shape index (κ1) is 23.6. The molecule has 2 aromatic carbocycles. The average Bonchev–Trinajstić information content (AvgIpc) is 2.98. The van der Waals surface area contributed by atoms with Crippen molar-refractivity contribution in [3.63, 3.8) is 0 Å². The number of ether oxygens (including phenoxy) is 1. The minimum atomic E-state index is -1.38. The quantitative estimate of drug-likeness (QED) is 0.254. The topological polar surface area (TPSA) is 92.8 Å². The number of carbonyl (C=O) groups is 4. The monoisotopic (exact) mass is 522 g/mol. The third-order valence-electron chi connectivity index (χ3n) is 4.31. The van der Waals surface area contributed by atoms with E-state index in [1.165, 1.54) is 13.0 Å². The molecule has 3 amide bonds. The van der Waals surface area contributed by atoms with Crippen molar-refractivity contribution < 1.29 is 23.9 Å². The lowest BCUT2D eigenvalue weighted by atomic mass is 10.1. The van der Waals surface area contributed by atoms with Gasteiger partial charge in [0, 0.05) is 10.7 Å². The van der Waals surface area contributed by atoms with Crippen LogP contribution in [0.3, 0.4) is 0 Å². The van der Waals surface area contributed by atoms with Crippen molar-refractivity contribution in [3.05, 3.63) is 60.5 Å². The van der Waals surface area contributed by atoms with Crippen LogP contribution in [-0.4, -0.2) is 41.2 Å². The molecule has 1 N–H and O–H groups in total. The molecule has 162 valence electrons. The molecular formula is C19H11Cl5N2O5. The maximum atomic E-state index is 12.8. The van der Waals surface area contributed by atoms with Gasteiger partial charge in [-0.05, 0) is 25.1 Å². The second-order valence-electron chi connectivity index (χ2n) is 6.33. The van der Waals surface area contributed by atoms with Crippen LogP contribution in [0.1, 0.15) is 27.6 Å². The molecule has 2 aromatic rings. The standard InChI is InChI=1S/C19H11Cl5N2O5/c1-7(19(30)31-6-10(27)25-9-4-2-3-8(20)5-9)26-17(28)11-12(18(26)29)14(22)16(24)15(23)13(11)21/h2-5,7H,6H2,1H3,(H,25,27). The van der Waals surface area contributed by atoms with Gasteiger partial charge in [0.25, 0.3) is 17.7 Å². The third kappa shape index (κ3) is 4.47. The number of amides is 3. The number of nitrogens with one attached hydrogen (secondary N) is 1. The van der Waals surface area contributed by atoms with E-state index in [4.69, 9.17) is 62.7 Å². The Hall–Kier alpha value is -2.03. The maximum absolute atomic E-state index is 12.8. The second kappa shape index (κ2) is 9.22. The molecule has 0 bridgehead atoms. The van der Waals surface area contributed by atoms with Crippen molar-refractivity contribution >= 4 is 87.4 Å². The second-order valence-corrected chi connectivity index (χ2v) is 8.28. The highest BCUT2D eigenvalue weighted by molar-refractivity contribution is 6.55. The summed E-state index contributed by atoms with van der Waals surface area (Å²) < 4.78 is 4.94. The van der Waals surface area contributed by atoms with Gasteiger partial charge in [-0.1, -0.05) is 64.1 Å². The van der Waals surface area contributed by atoms with Gasteiger partial charge in [0.05, 0.1) is 31.2 Å². The molecule has 0 radical (unpaired) electrons. The van der Waals surface area contributed by atoms with Gasteiger partial charge in [-0.2, -0.15) is 0 Å². The molecule has 7 nitrogen and oxygen atoms in total. The fourth-order valence-corrected chi connectivity index (χ4v) is 4.05. The number of esters is 1. The first-order valence-corrected chi connectivity index (χ1v) is 10.4. The molecule has 12 heteroatoms. The predicted molar refractivity (Wildman–Crippen MR) is 117 cm³/mol. The van der Waals surface area contributed by atoms with E-state index in [9.17, 15) is 19.2 Å². The molecule has 3 rings (SSSR count). The van der Waals surface area contributed by atoms with Gasteiger partial charge in [-0.3, -0.25) is 19.3 Å². The van der Waals surface area contributed by atoms with Gasteiger partial charge >= 0.3 is 5.97 Å². The number of hydrogen-bond donors (Lipinski definition) is 1. The molecule has 1 atom stereocenters. The smallest absolute Gasteiger partial charge is 0.329 e. The Balaban J connectivity index is 1.72. The lowest BCUT2D eigenvalue weighted by Gasteiger charge is -2.20. The highest BCUT2D eigenvalue weighted by atomic mass is 35.5. The molecule has 0 aliphatic carbocycles. The number of nitrogens with zero attached hydrogens (tertiary/aromatic N) is 1. The molecule has 0 spiro atoms. The minimum absolute atomic E-state index is 0.192. The molecule has 31 heavy (non-hydrogen) atoms. The molecule has 1 heterocycles. The Kier molecular flexibility index (Phi) is 7.03. The summed E-state index contributed by atoms with van der Waals surface area (Å²) in [6.07, 6.45) is 0. The lowest BCUT2D eigenvalue weighted by molar-refractivity contribution is -0.150. The number of hydrogen-bond acceptors (Lipinski definition) is 5. The maximum Gasteiger partial charge on any atom is 0.329 e. The molecule has 0 aromatic heterocycles. The van der Waals surface area contributed by atoms with E-state index in [2.05, 4.69) is 5.32 Å². The Labute approximate surface area is 201 Å². The number of rotatable bonds is 5. The summed E-state index contributed by atoms with van der Waals surface area (Å²) in [7, 11) is 0. The van der Waals surface area contributed by atoms with Crippen molar-refractivity contribution in [2.45, 2.75) is 13.0 Å². The van der Waals surface area contributed by atoms with Crippen LogP contribution in [0.15, 0.2) is 24.3 Å². The first-order chi connectivity index (χ1) is 14.5. The molecule has 0 saturated carbocycles. The van der Waals surface area contributed by atoms with Crippen molar-refractivity contribution in [3.8, 4) is 0 Å². The van der Waals surface area contributed by atoms with Gasteiger partial charge in [0.15, 0.2) is 6.61 Å². The molecule has 0 fully saturated rings. The van der Waals surface area contributed by atoms with Gasteiger partial charge in [-0.25, -0.2) is 4.79 Å². The van der Waals surface area contributed by atoms with E-state index < -0.39 is 36.3 Å². The van der Waals surface area contributed by atoms with E-state index >= 15 is 0 Å². The average molecular weight is 525 g/mol. The summed E-state index contributed by atoms with van der Waals surface area (Å²) in [5.74, 6) is -3.42. The Bertz CT molecular complexity index is 1090. The molecule has 1 aliphatic heterocycles. The van der Waals surface area contributed by atoms with E-state index in [0.717, 1.165) is 0 Å². The predicted octanol–water partition coefficient (Wildman–Crippen LogP) is 5.12. The number of imide groups is 1. The van der Waals surface area contributed by atoms with Crippen LogP contribution in [0.4, 0.5) is 5.69 Å². The number of anilines is 1. The molecule has 1 aliphatic rings. The summed E-state index contributed by atoms with van der Waals surface area (Å²) in [4.78, 5) is 50.5. The number of fused-ring (bicyclic) bond motifs is 1. The zero-order valence-corrected chi connectivity index (χ0v) is 19.3. The normalized spacial score (nSPS) is 13.8. The lowest BCUT2D eigenvalue weighted by Crippen LogP contribution is -2.44. The molecule has 0 saturated heterocycles. The van der Waals surface area contributed by atoms with Gasteiger partial charge in [0.1, 0.15) is 6.04 Å². The van der Waals surface area contributed by atoms with E-state index in [1.807, 2.05) is 0 Å². The SMILES string of the molecule is CC(C(=O)OCC(=O)Nc1cccc(Cl)c1)N1C(=O)c2c(Cl)c(Cl)c(Cl)c(Cl)c2C1=O. The Morgan fingerprint density at radius 2 is 1.52 bits per heavy atom. The molecular weight excluding hydrogens is 513 g/mol. The zero-order valence-electron chi connectivity index (χ0n) is 15.5. The largest absolute Gasteiger partial charge is 0.454 e. The van der Waals surface area contributed by atoms with Crippen molar-refractivity contribution in [1.82, 2.24) is 4.90 Å². The van der Waals surface area contributed by atoms with Crippen LogP contribution >= 0.6 is 58.0 Å². The number of benzene rings is 2. The Morgan fingerprint density at radius 3 is 2.03 bits per heavy atom. The van der Waals surface area contributed by atoms with Crippen LogP contribution in [0.25, 0.3) is 0 Å². The number of carbonyl (C=O) groups excluding carboxylic acids is 4. The summed E-state index contributed by atoms with van der Waals surface area (Å²) in [6, 6.07) is 4.97. The Morgan fingerprint density at radius 1 is 0.968 bits per heavy atom. The van der Waals surface area contributed by atoms with Gasteiger partial charge in [-0.15, -0.1) is 0 Å². The summed E-state index contributed by atoms with van der Waals surface area (Å²) in [5, 5.41) is 2.01. The summed E-state index contributed by atoms with van der Waals surface area (Å²) in [6.45, 7) is 0.599. The minimum Gasteiger partial charge on any atom is -0.454 e. The zero-order chi connectivity index (χ0) is 23.0. The summed E-state index contributed by atoms with van der Waals surface area (Å²) in [5.41, 5.74) is -0.117. The van der Waals surface area contributed by atoms with Gasteiger partial charge < -0.3 is 10.1 Å². The van der Waals surface area contributed by atoms with Gasteiger partial charge in [0.2, 0.25) is 0 Å². The third-order valence-corrected chi connectivity index (χ3v) is 6.35. The van der Waals surface area contributed by atoms with Crippen molar-refractivity contribution in [2.24, 2.45) is 0 Å². The van der Waals surface area contributed by atoms with E-state index in [0.29, 0.717) is 15.6 Å². The van der Waals surface area contributed by atoms with Crippen LogP contribution in [-0.2, 0) is 14.3 Å². The van der Waals surface area contributed by atoms with Crippen molar-refractivity contribution in [2.75, 3.05) is 11.9 Å². The molecule has 1 unspecified atom stereocenters. The van der Waals surface area contributed by atoms with Crippen LogP contribution in [0.5, 0.6) is 0 Å². The fraction of sp³-hybridized carbons (Fsp3) is 0.158. The first-order valence-electron chi connectivity index (χ1n) is 8.50.